The molecule has 1 aliphatic heterocycles. The molecule has 1 aliphatic rings. The summed E-state index contributed by atoms with van der Waals surface area (Å²) in [6.07, 6.45) is 0.528. The minimum Gasteiger partial charge on any atom is -0.363 e. The average Bonchev–Trinajstić information content (AvgIpc) is 3.51. The number of thiazole rings is 1. The van der Waals surface area contributed by atoms with Gasteiger partial charge >= 0.3 is 6.03 Å². The number of rotatable bonds is 12. The topological polar surface area (TPSA) is 201 Å². The monoisotopic (exact) mass is 685 g/mol. The molecule has 5 N–H and O–H groups in total. The molecular formula is C30H51N7O7S2. The first-order chi connectivity index (χ1) is 20.9. The first-order valence-corrected chi connectivity index (χ1v) is 17.5. The number of urea groups is 1. The highest BCUT2D eigenvalue weighted by atomic mass is 32.2. The van der Waals surface area contributed by atoms with Crippen LogP contribution in [0.2, 0.25) is 0 Å². The zero-order chi connectivity index (χ0) is 35.5. The van der Waals surface area contributed by atoms with Crippen LogP contribution < -0.4 is 21.7 Å². The van der Waals surface area contributed by atoms with Gasteiger partial charge in [0, 0.05) is 26.2 Å². The molecule has 5 amide bonds. The Morgan fingerprint density at radius 2 is 1.63 bits per heavy atom. The number of sulfonamides is 1. The number of amides is 5. The molecule has 14 nitrogen and oxygen atoms in total. The lowest BCUT2D eigenvalue weighted by Gasteiger charge is -2.38. The smallest absolute Gasteiger partial charge is 0.315 e. The summed E-state index contributed by atoms with van der Waals surface area (Å²) in [5.41, 5.74) is 4.06. The highest BCUT2D eigenvalue weighted by Gasteiger charge is 2.47. The van der Waals surface area contributed by atoms with Crippen molar-refractivity contribution < 1.29 is 32.4 Å². The van der Waals surface area contributed by atoms with E-state index in [1.54, 1.807) is 34.6 Å². The number of carbonyl (C=O) groups excluding carboxylic acids is 5. The molecule has 1 saturated heterocycles. The molecule has 46 heavy (non-hydrogen) atoms. The molecule has 1 fully saturated rings. The number of nitrogens with two attached hydrogens (primary N) is 1. The number of primary amides is 1. The van der Waals surface area contributed by atoms with Crippen molar-refractivity contribution in [1.82, 2.24) is 30.1 Å². The fourth-order valence-electron chi connectivity index (χ4n) is 5.39. The summed E-state index contributed by atoms with van der Waals surface area (Å²) in [7, 11) is -2.43. The second-order valence-electron chi connectivity index (χ2n) is 14.4. The van der Waals surface area contributed by atoms with Crippen LogP contribution in [-0.4, -0.2) is 97.0 Å². The van der Waals surface area contributed by atoms with E-state index in [-0.39, 0.29) is 29.1 Å². The molecule has 0 saturated carbocycles. The summed E-state index contributed by atoms with van der Waals surface area (Å²) in [5, 5.41) is 8.75. The summed E-state index contributed by atoms with van der Waals surface area (Å²) in [6.45, 7) is 17.8. The zero-order valence-electron chi connectivity index (χ0n) is 28.8. The molecule has 0 unspecified atom stereocenters. The number of likely N-dealkylation sites (N-methyl/N-ethyl adjacent to an activating group) is 1. The van der Waals surface area contributed by atoms with Crippen molar-refractivity contribution in [2.24, 2.45) is 28.4 Å². The van der Waals surface area contributed by atoms with Gasteiger partial charge in [-0.3, -0.25) is 19.2 Å². The van der Waals surface area contributed by atoms with E-state index in [0.29, 0.717) is 17.1 Å². The van der Waals surface area contributed by atoms with Gasteiger partial charge in [-0.15, -0.1) is 11.3 Å². The van der Waals surface area contributed by atoms with E-state index in [0.717, 1.165) is 11.3 Å². The number of likely N-dealkylation sites (tertiary alicyclic amines) is 1. The predicted octanol–water partition coefficient (Wildman–Crippen LogP) is 1.55. The minimum absolute atomic E-state index is 0.0169. The molecule has 1 aromatic rings. The van der Waals surface area contributed by atoms with E-state index in [1.807, 2.05) is 34.6 Å². The number of hydrogen-bond donors (Lipinski definition) is 4. The largest absolute Gasteiger partial charge is 0.363 e. The van der Waals surface area contributed by atoms with Crippen molar-refractivity contribution in [3.8, 4) is 0 Å². The Kier molecular flexibility index (Phi) is 12.5. The molecule has 0 bridgehead atoms. The van der Waals surface area contributed by atoms with E-state index in [2.05, 4.69) is 20.9 Å². The van der Waals surface area contributed by atoms with Gasteiger partial charge in [-0.2, -0.15) is 4.31 Å². The van der Waals surface area contributed by atoms with Gasteiger partial charge in [-0.05, 0) is 42.9 Å². The average molecular weight is 686 g/mol. The van der Waals surface area contributed by atoms with Crippen LogP contribution in [0, 0.1) is 36.5 Å². The summed E-state index contributed by atoms with van der Waals surface area (Å²) >= 11 is 1.09. The summed E-state index contributed by atoms with van der Waals surface area (Å²) in [5.74, 6) is -3.40. The van der Waals surface area contributed by atoms with E-state index in [9.17, 15) is 32.4 Å². The Balaban J connectivity index is 2.30. The van der Waals surface area contributed by atoms with Crippen LogP contribution in [0.5, 0.6) is 0 Å². The molecule has 2 heterocycles. The van der Waals surface area contributed by atoms with E-state index in [4.69, 9.17) is 5.73 Å². The number of aryl methyl sites for hydroxylation is 2. The quantitative estimate of drug-likeness (QED) is 0.237. The van der Waals surface area contributed by atoms with Crippen LogP contribution >= 0.6 is 11.3 Å². The molecule has 0 aliphatic carbocycles. The van der Waals surface area contributed by atoms with Crippen molar-refractivity contribution >= 4 is 50.9 Å². The number of nitrogens with zero attached hydrogens (tertiary/aromatic N) is 3. The number of ketones is 1. The Labute approximate surface area is 276 Å². The second kappa shape index (κ2) is 14.8. The van der Waals surface area contributed by atoms with Gasteiger partial charge in [0.25, 0.3) is 15.9 Å². The Morgan fingerprint density at radius 3 is 2.09 bits per heavy atom. The standard InChI is InChI=1S/C30H51N7O7S2/c1-16(2)19-12-13-37(22(19)25(40)32-14-20(38)24(31)39)26(41)23(30(8,9)10)35-28(42)34-21(29(5,6)7)15-36(11)46(43,44)27-17(3)33-18(4)45-27/h16,19,21-23H,12-15H2,1-11H3,(H2,31,39)(H,32,40)(H2,34,35,42)/t19-,21-,22+,23-/m1/s1. The van der Waals surface area contributed by atoms with Gasteiger partial charge in [0.2, 0.25) is 17.6 Å². The fourth-order valence-corrected chi connectivity index (χ4v) is 8.24. The van der Waals surface area contributed by atoms with Crippen LogP contribution in [0.1, 0.15) is 72.5 Å². The van der Waals surface area contributed by atoms with E-state index >= 15 is 0 Å². The first-order valence-electron chi connectivity index (χ1n) is 15.3. The number of hydrogen-bond acceptors (Lipinski definition) is 9. The molecule has 1 aromatic heterocycles. The van der Waals surface area contributed by atoms with Gasteiger partial charge < -0.3 is 26.6 Å². The third kappa shape index (κ3) is 9.47. The normalized spacial score (nSPS) is 18.8. The first kappa shape index (κ1) is 39.1. The molecule has 16 heteroatoms. The summed E-state index contributed by atoms with van der Waals surface area (Å²) in [6, 6.07) is -3.32. The maximum Gasteiger partial charge on any atom is 0.315 e. The maximum atomic E-state index is 14.1. The van der Waals surface area contributed by atoms with Gasteiger partial charge in [-0.1, -0.05) is 55.4 Å². The Hall–Kier alpha value is -3.11. The van der Waals surface area contributed by atoms with Gasteiger partial charge in [0.05, 0.1) is 17.2 Å². The maximum absolute atomic E-state index is 14.1. The van der Waals surface area contributed by atoms with Crippen molar-refractivity contribution in [3.63, 3.8) is 0 Å². The SMILES string of the molecule is Cc1nc(C)c(S(=O)(=O)N(C)C[C@@H](NC(=O)N[C@H](C(=O)N2CC[C@H](C(C)C)[C@H]2C(=O)NCC(=O)C(N)=O)C(C)(C)C)C(C)(C)C)s1. The molecule has 2 rings (SSSR count). The van der Waals surface area contributed by atoms with Crippen LogP contribution in [0.4, 0.5) is 4.79 Å². The lowest BCUT2D eigenvalue weighted by Crippen LogP contribution is -2.62. The fraction of sp³-hybridized carbons (Fsp3) is 0.733. The van der Waals surface area contributed by atoms with Gasteiger partial charge in [0.1, 0.15) is 12.1 Å². The zero-order valence-corrected chi connectivity index (χ0v) is 30.4. The number of nitrogens with one attached hydrogen (secondary N) is 3. The van der Waals surface area contributed by atoms with Crippen LogP contribution in [0.25, 0.3) is 0 Å². The number of aromatic nitrogens is 1. The molecular weight excluding hydrogens is 635 g/mol. The Bertz CT molecular complexity index is 1430. The highest BCUT2D eigenvalue weighted by Crippen LogP contribution is 2.33. The van der Waals surface area contributed by atoms with Crippen molar-refractivity contribution in [3.05, 3.63) is 10.7 Å². The molecule has 0 aromatic carbocycles. The lowest BCUT2D eigenvalue weighted by molar-refractivity contribution is -0.143. The van der Waals surface area contributed by atoms with E-state index < -0.39 is 75.1 Å². The van der Waals surface area contributed by atoms with Crippen LogP contribution in [0.3, 0.4) is 0 Å². The third-order valence-corrected chi connectivity index (χ3v) is 11.7. The molecule has 260 valence electrons. The molecule has 4 atom stereocenters. The van der Waals surface area contributed by atoms with Crippen LogP contribution in [-0.2, 0) is 29.2 Å². The van der Waals surface area contributed by atoms with Gasteiger partial charge in [-0.25, -0.2) is 18.2 Å². The van der Waals surface area contributed by atoms with Crippen LogP contribution in [0.15, 0.2) is 4.21 Å². The summed E-state index contributed by atoms with van der Waals surface area (Å²) < 4.78 is 28.1. The molecule has 0 radical (unpaired) electrons. The van der Waals surface area contributed by atoms with Crippen molar-refractivity contribution in [2.75, 3.05) is 26.7 Å². The minimum atomic E-state index is -3.88. The number of carbonyl (C=O) groups is 5. The summed E-state index contributed by atoms with van der Waals surface area (Å²) in [4.78, 5) is 69.5. The molecule has 0 spiro atoms. The predicted molar refractivity (Wildman–Crippen MR) is 175 cm³/mol. The second-order valence-corrected chi connectivity index (χ2v) is 17.8. The number of Topliss-reactive ketones (excluding diaryl/α,β-unsaturated/α-hetero) is 1. The third-order valence-electron chi connectivity index (χ3n) is 8.24. The highest BCUT2D eigenvalue weighted by molar-refractivity contribution is 7.91. The Morgan fingerprint density at radius 1 is 1.04 bits per heavy atom. The van der Waals surface area contributed by atoms with Gasteiger partial charge in [0.15, 0.2) is 4.21 Å². The van der Waals surface area contributed by atoms with E-state index in [1.165, 1.54) is 16.3 Å². The van der Waals surface area contributed by atoms with Crippen molar-refractivity contribution in [1.29, 1.82) is 0 Å². The van der Waals surface area contributed by atoms with Crippen molar-refractivity contribution in [2.45, 2.75) is 98.0 Å². The lowest BCUT2D eigenvalue weighted by atomic mass is 9.84.